The van der Waals surface area contributed by atoms with Crippen molar-refractivity contribution in [2.45, 2.75) is 6.92 Å². The molecule has 2 rings (SSSR count). The monoisotopic (exact) mass is 337 g/mol. The van der Waals surface area contributed by atoms with E-state index in [-0.39, 0.29) is 5.57 Å². The summed E-state index contributed by atoms with van der Waals surface area (Å²) in [5.41, 5.74) is 1.09. The molecule has 0 unspecified atom stereocenters. The van der Waals surface area contributed by atoms with Crippen LogP contribution in [0.2, 0.25) is 0 Å². The summed E-state index contributed by atoms with van der Waals surface area (Å²) in [6, 6.07) is 16.2. The molecule has 6 nitrogen and oxygen atoms in total. The molecule has 0 aliphatic heterocycles. The molecule has 25 heavy (non-hydrogen) atoms. The van der Waals surface area contributed by atoms with Gasteiger partial charge in [0.15, 0.2) is 0 Å². The number of nitriles is 1. The maximum atomic E-state index is 12.3. The van der Waals surface area contributed by atoms with Gasteiger partial charge in [-0.2, -0.15) is 5.26 Å². The van der Waals surface area contributed by atoms with Gasteiger partial charge in [0, 0.05) is 6.20 Å². The number of carbonyl (C=O) groups is 1. The number of nitrogens with one attached hydrogen (secondary N) is 2. The minimum Gasteiger partial charge on any atom is -0.495 e. The first-order valence-electron chi connectivity index (χ1n) is 7.72. The van der Waals surface area contributed by atoms with Crippen molar-refractivity contribution < 1.29 is 14.3 Å². The van der Waals surface area contributed by atoms with Crippen molar-refractivity contribution in [2.75, 3.05) is 24.4 Å². The summed E-state index contributed by atoms with van der Waals surface area (Å²) in [5.74, 6) is 0.625. The Balaban J connectivity index is 2.15. The highest BCUT2D eigenvalue weighted by Gasteiger charge is 2.12. The lowest BCUT2D eigenvalue weighted by Crippen LogP contribution is -2.15. The molecule has 0 heterocycles. The van der Waals surface area contributed by atoms with Gasteiger partial charge in [-0.05, 0) is 31.2 Å². The minimum atomic E-state index is -0.534. The van der Waals surface area contributed by atoms with E-state index in [2.05, 4.69) is 10.6 Å². The van der Waals surface area contributed by atoms with Crippen molar-refractivity contribution in [3.63, 3.8) is 0 Å². The molecule has 0 spiro atoms. The highest BCUT2D eigenvalue weighted by Crippen LogP contribution is 2.25. The van der Waals surface area contributed by atoms with Gasteiger partial charge >= 0.3 is 0 Å². The normalized spacial score (nSPS) is 10.5. The zero-order valence-corrected chi connectivity index (χ0v) is 14.1. The summed E-state index contributed by atoms with van der Waals surface area (Å²) in [6.07, 6.45) is 1.35. The molecule has 128 valence electrons. The molecular weight excluding hydrogens is 318 g/mol. The number of rotatable bonds is 7. The van der Waals surface area contributed by atoms with Gasteiger partial charge in [-0.25, -0.2) is 0 Å². The Labute approximate surface area is 146 Å². The zero-order chi connectivity index (χ0) is 18.1. The van der Waals surface area contributed by atoms with Crippen LogP contribution in [0, 0.1) is 11.3 Å². The average molecular weight is 337 g/mol. The number of carbonyl (C=O) groups excluding carboxylic acids is 1. The van der Waals surface area contributed by atoms with Crippen molar-refractivity contribution in [1.29, 1.82) is 5.26 Å². The summed E-state index contributed by atoms with van der Waals surface area (Å²) >= 11 is 0. The van der Waals surface area contributed by atoms with E-state index in [1.165, 1.54) is 13.3 Å². The number of nitrogens with zero attached hydrogens (tertiary/aromatic N) is 1. The third kappa shape index (κ3) is 4.75. The maximum Gasteiger partial charge on any atom is 0.267 e. The van der Waals surface area contributed by atoms with Crippen LogP contribution in [0.3, 0.4) is 0 Å². The number of anilines is 2. The second-order valence-corrected chi connectivity index (χ2v) is 4.90. The van der Waals surface area contributed by atoms with Crippen LogP contribution >= 0.6 is 0 Å². The predicted molar refractivity (Wildman–Crippen MR) is 96.6 cm³/mol. The molecule has 2 aromatic carbocycles. The second-order valence-electron chi connectivity index (χ2n) is 4.90. The molecule has 0 saturated carbocycles. The Morgan fingerprint density at radius 1 is 1.12 bits per heavy atom. The second kappa shape index (κ2) is 8.99. The van der Waals surface area contributed by atoms with Crippen LogP contribution in [0.15, 0.2) is 60.3 Å². The molecule has 0 radical (unpaired) electrons. The van der Waals surface area contributed by atoms with Crippen LogP contribution in [-0.2, 0) is 4.79 Å². The number of benzene rings is 2. The van der Waals surface area contributed by atoms with Crippen molar-refractivity contribution in [2.24, 2.45) is 0 Å². The van der Waals surface area contributed by atoms with Crippen molar-refractivity contribution in [3.05, 3.63) is 60.3 Å². The molecule has 1 amide bonds. The molecule has 0 atom stereocenters. The van der Waals surface area contributed by atoms with E-state index in [9.17, 15) is 10.1 Å². The van der Waals surface area contributed by atoms with Gasteiger partial charge in [-0.3, -0.25) is 4.79 Å². The molecule has 6 heteroatoms. The number of amides is 1. The van der Waals surface area contributed by atoms with Crippen LogP contribution in [0.25, 0.3) is 0 Å². The van der Waals surface area contributed by atoms with Gasteiger partial charge in [0.25, 0.3) is 5.91 Å². The van der Waals surface area contributed by atoms with E-state index in [4.69, 9.17) is 9.47 Å². The van der Waals surface area contributed by atoms with Gasteiger partial charge in [-0.15, -0.1) is 0 Å². The first-order valence-corrected chi connectivity index (χ1v) is 7.72. The average Bonchev–Trinajstić information content (AvgIpc) is 2.64. The Bertz CT molecular complexity index is 810. The number of hydrogen-bond acceptors (Lipinski definition) is 5. The third-order valence-corrected chi connectivity index (χ3v) is 3.28. The summed E-state index contributed by atoms with van der Waals surface area (Å²) in [5, 5.41) is 14.9. The van der Waals surface area contributed by atoms with Crippen LogP contribution < -0.4 is 20.1 Å². The molecule has 2 N–H and O–H groups in total. The molecule has 0 aliphatic rings. The van der Waals surface area contributed by atoms with Gasteiger partial charge in [-0.1, -0.05) is 24.3 Å². The predicted octanol–water partition coefficient (Wildman–Crippen LogP) is 3.55. The fourth-order valence-corrected chi connectivity index (χ4v) is 2.10. The Morgan fingerprint density at radius 2 is 1.76 bits per heavy atom. The van der Waals surface area contributed by atoms with E-state index in [0.29, 0.717) is 29.5 Å². The largest absolute Gasteiger partial charge is 0.495 e. The van der Waals surface area contributed by atoms with Gasteiger partial charge < -0.3 is 20.1 Å². The SMILES string of the molecule is CCOc1ccccc1N/C=C(/C#N)C(=O)Nc1ccccc1OC. The lowest BCUT2D eigenvalue weighted by Gasteiger charge is -2.11. The van der Waals surface area contributed by atoms with Crippen LogP contribution in [0.1, 0.15) is 6.92 Å². The first-order chi connectivity index (χ1) is 12.2. The number of ether oxygens (including phenoxy) is 2. The highest BCUT2D eigenvalue weighted by molar-refractivity contribution is 6.07. The van der Waals surface area contributed by atoms with E-state index < -0.39 is 5.91 Å². The minimum absolute atomic E-state index is 0.0720. The molecule has 2 aromatic rings. The Hall–Kier alpha value is -3.46. The maximum absolute atomic E-state index is 12.3. The standard InChI is InChI=1S/C19H19N3O3/c1-3-25-18-11-7-4-8-15(18)21-13-14(12-20)19(23)22-16-9-5-6-10-17(16)24-2/h4-11,13,21H,3H2,1-2H3,(H,22,23)/b14-13-. The van der Waals surface area contributed by atoms with E-state index in [0.717, 1.165) is 0 Å². The Morgan fingerprint density at radius 3 is 2.40 bits per heavy atom. The molecule has 0 aromatic heterocycles. The number of para-hydroxylation sites is 4. The summed E-state index contributed by atoms with van der Waals surface area (Å²) in [6.45, 7) is 2.40. The molecule has 0 fully saturated rings. The molecule has 0 aliphatic carbocycles. The lowest BCUT2D eigenvalue weighted by atomic mass is 10.2. The van der Waals surface area contributed by atoms with Crippen molar-refractivity contribution in [3.8, 4) is 17.6 Å². The van der Waals surface area contributed by atoms with Crippen molar-refractivity contribution >= 4 is 17.3 Å². The van der Waals surface area contributed by atoms with Crippen LogP contribution in [-0.4, -0.2) is 19.6 Å². The number of hydrogen-bond donors (Lipinski definition) is 2. The smallest absolute Gasteiger partial charge is 0.267 e. The number of methoxy groups -OCH3 is 1. The summed E-state index contributed by atoms with van der Waals surface area (Å²) in [7, 11) is 1.51. The zero-order valence-electron chi connectivity index (χ0n) is 14.1. The fraction of sp³-hybridized carbons (Fsp3) is 0.158. The molecule has 0 saturated heterocycles. The molecular formula is C19H19N3O3. The third-order valence-electron chi connectivity index (χ3n) is 3.28. The van der Waals surface area contributed by atoms with Crippen LogP contribution in [0.4, 0.5) is 11.4 Å². The van der Waals surface area contributed by atoms with Crippen LogP contribution in [0.5, 0.6) is 11.5 Å². The fourth-order valence-electron chi connectivity index (χ4n) is 2.10. The van der Waals surface area contributed by atoms with E-state index in [1.807, 2.05) is 25.1 Å². The van der Waals surface area contributed by atoms with Gasteiger partial charge in [0.05, 0.1) is 25.1 Å². The van der Waals surface area contributed by atoms with Gasteiger partial charge in [0.2, 0.25) is 0 Å². The molecule has 0 bridgehead atoms. The summed E-state index contributed by atoms with van der Waals surface area (Å²) < 4.78 is 10.7. The van der Waals surface area contributed by atoms with Crippen molar-refractivity contribution in [1.82, 2.24) is 0 Å². The van der Waals surface area contributed by atoms with E-state index in [1.54, 1.807) is 36.4 Å². The van der Waals surface area contributed by atoms with E-state index >= 15 is 0 Å². The Kier molecular flexibility index (Phi) is 6.43. The summed E-state index contributed by atoms with van der Waals surface area (Å²) in [4.78, 5) is 12.3. The first kappa shape index (κ1) is 17.9. The highest BCUT2D eigenvalue weighted by atomic mass is 16.5. The lowest BCUT2D eigenvalue weighted by molar-refractivity contribution is -0.112. The quantitative estimate of drug-likeness (QED) is 0.596. The van der Waals surface area contributed by atoms with Gasteiger partial charge in [0.1, 0.15) is 23.1 Å². The topological polar surface area (TPSA) is 83.4 Å².